The number of fused-ring (bicyclic) bond motifs is 1. The Morgan fingerprint density at radius 3 is 2.72 bits per heavy atom. The monoisotopic (exact) mass is 387 g/mol. The summed E-state index contributed by atoms with van der Waals surface area (Å²) in [7, 11) is 3.55. The molecule has 0 saturated heterocycles. The predicted molar refractivity (Wildman–Crippen MR) is 114 cm³/mol. The fourth-order valence-corrected chi connectivity index (χ4v) is 3.15. The minimum Gasteiger partial charge on any atom is -0.495 e. The van der Waals surface area contributed by atoms with Crippen LogP contribution in [0.25, 0.3) is 16.7 Å². The molecule has 4 rings (SSSR count). The Kier molecular flexibility index (Phi) is 4.82. The highest BCUT2D eigenvalue weighted by Gasteiger charge is 2.11. The second kappa shape index (κ2) is 7.59. The average molecular weight is 387 g/mol. The van der Waals surface area contributed by atoms with Gasteiger partial charge in [-0.2, -0.15) is 5.10 Å². The first-order valence-electron chi connectivity index (χ1n) is 9.03. The molecule has 0 bridgehead atoms. The Balaban J connectivity index is 1.67. The number of aryl methyl sites for hydroxylation is 2. The number of ether oxygens (including phenoxy) is 1. The summed E-state index contributed by atoms with van der Waals surface area (Å²) in [6, 6.07) is 13.6. The van der Waals surface area contributed by atoms with Crippen LogP contribution in [0.4, 0.5) is 5.95 Å². The van der Waals surface area contributed by atoms with Crippen LogP contribution >= 0.6 is 0 Å². The van der Waals surface area contributed by atoms with Crippen LogP contribution in [0.5, 0.6) is 5.75 Å². The normalized spacial score (nSPS) is 12.2. The number of nitrogens with zero attached hydrogens (tertiary/aromatic N) is 6. The highest BCUT2D eigenvalue weighted by Crippen LogP contribution is 2.25. The van der Waals surface area contributed by atoms with Gasteiger partial charge in [0.1, 0.15) is 11.5 Å². The summed E-state index contributed by atoms with van der Waals surface area (Å²) in [5.74, 6) is 6.89. The van der Waals surface area contributed by atoms with Crippen molar-refractivity contribution in [3.8, 4) is 11.4 Å². The van der Waals surface area contributed by atoms with Gasteiger partial charge in [0.25, 0.3) is 0 Å². The maximum absolute atomic E-state index is 5.64. The molecule has 0 atom stereocenters. The highest BCUT2D eigenvalue weighted by molar-refractivity contribution is 6.38. The van der Waals surface area contributed by atoms with Crippen molar-refractivity contribution < 1.29 is 4.74 Å². The molecule has 8 nitrogen and oxygen atoms in total. The van der Waals surface area contributed by atoms with Crippen LogP contribution in [-0.2, 0) is 7.05 Å². The Hall–Kier alpha value is -3.94. The molecule has 0 fully saturated rings. The van der Waals surface area contributed by atoms with Crippen molar-refractivity contribution in [3.63, 3.8) is 0 Å². The van der Waals surface area contributed by atoms with Gasteiger partial charge in [-0.15, -0.1) is 0 Å². The molecule has 2 aromatic carbocycles. The standard InChI is InChI=1S/C21H21N7O/c1-14-12-28(13-24-14)19-9-8-15(10-20(19)29-3)17(26-22)11-23-21-25-16-6-4-5-7-18(16)27(21)2/h4-13H,22H2,1-3H3. The van der Waals surface area contributed by atoms with Crippen LogP contribution in [0.1, 0.15) is 11.3 Å². The Labute approximate surface area is 168 Å². The van der Waals surface area contributed by atoms with Gasteiger partial charge in [0.2, 0.25) is 5.95 Å². The van der Waals surface area contributed by atoms with Gasteiger partial charge < -0.3 is 19.7 Å². The summed E-state index contributed by atoms with van der Waals surface area (Å²) in [5, 5.41) is 3.89. The molecule has 0 aliphatic rings. The lowest BCUT2D eigenvalue weighted by molar-refractivity contribution is 0.413. The molecular formula is C21H21N7O. The van der Waals surface area contributed by atoms with E-state index >= 15 is 0 Å². The maximum atomic E-state index is 5.64. The number of methoxy groups -OCH3 is 1. The summed E-state index contributed by atoms with van der Waals surface area (Å²) in [6.45, 7) is 1.94. The SMILES string of the molecule is COc1cc(C(C=Nc2nc3ccccc3n2C)=NN)ccc1-n1cnc(C)c1. The average Bonchev–Trinajstić information content (AvgIpc) is 3.32. The van der Waals surface area contributed by atoms with E-state index in [4.69, 9.17) is 10.6 Å². The van der Waals surface area contributed by atoms with Crippen molar-refractivity contribution in [3.05, 3.63) is 66.2 Å². The zero-order chi connectivity index (χ0) is 20.4. The van der Waals surface area contributed by atoms with Crippen molar-refractivity contribution >= 4 is 28.9 Å². The molecule has 0 radical (unpaired) electrons. The van der Waals surface area contributed by atoms with E-state index in [9.17, 15) is 0 Å². The number of nitrogens with two attached hydrogens (primary N) is 1. The zero-order valence-corrected chi connectivity index (χ0v) is 16.4. The van der Waals surface area contributed by atoms with Crippen molar-refractivity contribution in [1.29, 1.82) is 0 Å². The van der Waals surface area contributed by atoms with E-state index < -0.39 is 0 Å². The molecule has 0 saturated carbocycles. The molecule has 0 aliphatic carbocycles. The largest absolute Gasteiger partial charge is 0.495 e. The van der Waals surface area contributed by atoms with Crippen molar-refractivity contribution in [1.82, 2.24) is 19.1 Å². The van der Waals surface area contributed by atoms with Gasteiger partial charge in [0.15, 0.2) is 0 Å². The summed E-state index contributed by atoms with van der Waals surface area (Å²) in [6.07, 6.45) is 5.29. The minimum absolute atomic E-state index is 0.517. The third kappa shape index (κ3) is 3.47. The molecular weight excluding hydrogens is 366 g/mol. The first-order chi connectivity index (χ1) is 14.1. The van der Waals surface area contributed by atoms with Gasteiger partial charge in [-0.25, -0.2) is 15.0 Å². The van der Waals surface area contributed by atoms with E-state index in [1.54, 1.807) is 19.7 Å². The number of hydrogen-bond acceptors (Lipinski definition) is 6. The first kappa shape index (κ1) is 18.4. The number of imidazole rings is 2. The quantitative estimate of drug-likeness (QED) is 0.323. The van der Waals surface area contributed by atoms with Crippen LogP contribution in [0.2, 0.25) is 0 Å². The number of rotatable bonds is 5. The van der Waals surface area contributed by atoms with E-state index in [-0.39, 0.29) is 0 Å². The molecule has 0 aliphatic heterocycles. The number of hydrazone groups is 1. The van der Waals surface area contributed by atoms with Gasteiger partial charge in [0.05, 0.1) is 42.1 Å². The molecule has 4 aromatic rings. The summed E-state index contributed by atoms with van der Waals surface area (Å²) in [4.78, 5) is 13.3. The molecule has 2 aromatic heterocycles. The van der Waals surface area contributed by atoms with Gasteiger partial charge in [-0.1, -0.05) is 18.2 Å². The number of aromatic nitrogens is 4. The Morgan fingerprint density at radius 1 is 1.21 bits per heavy atom. The molecule has 0 unspecified atom stereocenters. The maximum Gasteiger partial charge on any atom is 0.230 e. The summed E-state index contributed by atoms with van der Waals surface area (Å²) in [5.41, 5.74) is 4.99. The van der Waals surface area contributed by atoms with Crippen LogP contribution < -0.4 is 10.6 Å². The molecule has 0 amide bonds. The number of aliphatic imine (C=N–C) groups is 1. The van der Waals surface area contributed by atoms with Gasteiger partial charge in [-0.05, 0) is 31.2 Å². The van der Waals surface area contributed by atoms with Crippen LogP contribution in [-0.4, -0.2) is 38.1 Å². The second-order valence-electron chi connectivity index (χ2n) is 6.54. The van der Waals surface area contributed by atoms with Crippen molar-refractivity contribution in [2.45, 2.75) is 6.92 Å². The fourth-order valence-electron chi connectivity index (χ4n) is 3.15. The third-order valence-electron chi connectivity index (χ3n) is 4.67. The lowest BCUT2D eigenvalue weighted by Crippen LogP contribution is -2.07. The van der Waals surface area contributed by atoms with E-state index in [1.165, 1.54) is 0 Å². The Bertz CT molecular complexity index is 1230. The minimum atomic E-state index is 0.517. The summed E-state index contributed by atoms with van der Waals surface area (Å²) < 4.78 is 9.39. The Morgan fingerprint density at radius 2 is 2.03 bits per heavy atom. The summed E-state index contributed by atoms with van der Waals surface area (Å²) >= 11 is 0. The van der Waals surface area contributed by atoms with E-state index in [0.717, 1.165) is 28.0 Å². The third-order valence-corrected chi connectivity index (χ3v) is 4.67. The number of benzene rings is 2. The van der Waals surface area contributed by atoms with Gasteiger partial charge >= 0.3 is 0 Å². The number of para-hydroxylation sites is 2. The highest BCUT2D eigenvalue weighted by atomic mass is 16.5. The fraction of sp³-hybridized carbons (Fsp3) is 0.143. The molecule has 2 N–H and O–H groups in total. The van der Waals surface area contributed by atoms with Crippen molar-refractivity contribution in [2.75, 3.05) is 7.11 Å². The van der Waals surface area contributed by atoms with Crippen LogP contribution in [0.3, 0.4) is 0 Å². The van der Waals surface area contributed by atoms with E-state index in [0.29, 0.717) is 17.4 Å². The molecule has 2 heterocycles. The topological polar surface area (TPSA) is 95.6 Å². The lowest BCUT2D eigenvalue weighted by atomic mass is 10.1. The smallest absolute Gasteiger partial charge is 0.230 e. The molecule has 146 valence electrons. The first-order valence-corrected chi connectivity index (χ1v) is 9.03. The van der Waals surface area contributed by atoms with Crippen LogP contribution in [0, 0.1) is 6.92 Å². The molecule has 29 heavy (non-hydrogen) atoms. The van der Waals surface area contributed by atoms with Crippen LogP contribution in [0.15, 0.2) is 65.1 Å². The molecule has 0 spiro atoms. The van der Waals surface area contributed by atoms with Gasteiger partial charge in [-0.3, -0.25) is 0 Å². The molecule has 8 heteroatoms. The van der Waals surface area contributed by atoms with Crippen molar-refractivity contribution in [2.24, 2.45) is 23.0 Å². The zero-order valence-electron chi connectivity index (χ0n) is 16.4. The van der Waals surface area contributed by atoms with E-state index in [1.807, 2.05) is 71.8 Å². The van der Waals surface area contributed by atoms with Gasteiger partial charge in [0, 0.05) is 18.8 Å². The second-order valence-corrected chi connectivity index (χ2v) is 6.54. The predicted octanol–water partition coefficient (Wildman–Crippen LogP) is 3.14. The number of hydrogen-bond donors (Lipinski definition) is 1. The van der Waals surface area contributed by atoms with E-state index in [2.05, 4.69) is 20.1 Å². The lowest BCUT2D eigenvalue weighted by Gasteiger charge is -2.11.